The monoisotopic (exact) mass is 165 g/mol. The van der Waals surface area contributed by atoms with Crippen LogP contribution in [0.1, 0.15) is 23.6 Å². The van der Waals surface area contributed by atoms with Gasteiger partial charge in [0.1, 0.15) is 0 Å². The molecule has 0 aliphatic rings. The minimum Gasteiger partial charge on any atom is -0.396 e. The van der Waals surface area contributed by atoms with Gasteiger partial charge in [0.15, 0.2) is 0 Å². The molecule has 1 aromatic carbocycles. The van der Waals surface area contributed by atoms with Gasteiger partial charge in [-0.05, 0) is 24.5 Å². The number of aliphatic hydroxyl groups is 1. The van der Waals surface area contributed by atoms with E-state index in [1.165, 1.54) is 5.56 Å². The number of nitrogens with two attached hydrogens (primary N) is 1. The summed E-state index contributed by atoms with van der Waals surface area (Å²) in [6.45, 7) is 2.18. The summed E-state index contributed by atoms with van der Waals surface area (Å²) in [5, 5.41) is 8.71. The summed E-state index contributed by atoms with van der Waals surface area (Å²) in [4.78, 5) is 0. The summed E-state index contributed by atoms with van der Waals surface area (Å²) in [7, 11) is 0. The molecule has 2 heteroatoms. The largest absolute Gasteiger partial charge is 0.396 e. The van der Waals surface area contributed by atoms with Crippen molar-refractivity contribution in [1.82, 2.24) is 0 Å². The fourth-order valence-corrected chi connectivity index (χ4v) is 1.30. The van der Waals surface area contributed by atoms with Gasteiger partial charge in [0.05, 0.1) is 0 Å². The van der Waals surface area contributed by atoms with Gasteiger partial charge in [-0.1, -0.05) is 24.3 Å². The summed E-state index contributed by atoms with van der Waals surface area (Å²) in [6.07, 6.45) is 0.630. The molecule has 3 N–H and O–H groups in total. The molecular weight excluding hydrogens is 150 g/mol. The highest BCUT2D eigenvalue weighted by Gasteiger charge is 2.06. The van der Waals surface area contributed by atoms with E-state index in [9.17, 15) is 0 Å². The Bertz CT molecular complexity index is 247. The van der Waals surface area contributed by atoms with E-state index in [4.69, 9.17) is 10.8 Å². The van der Waals surface area contributed by atoms with Crippen LogP contribution < -0.4 is 5.73 Å². The number of aryl methyl sites for hydroxylation is 1. The Hall–Kier alpha value is -0.860. The Morgan fingerprint density at radius 1 is 1.42 bits per heavy atom. The molecule has 1 rings (SSSR count). The third-order valence-electron chi connectivity index (χ3n) is 2.03. The number of rotatable bonds is 3. The van der Waals surface area contributed by atoms with Crippen LogP contribution in [0, 0.1) is 6.92 Å². The highest BCUT2D eigenvalue weighted by atomic mass is 16.3. The van der Waals surface area contributed by atoms with Gasteiger partial charge in [0, 0.05) is 12.6 Å². The van der Waals surface area contributed by atoms with E-state index in [0.717, 1.165) is 5.56 Å². The van der Waals surface area contributed by atoms with Gasteiger partial charge in [-0.15, -0.1) is 0 Å². The van der Waals surface area contributed by atoms with Crippen molar-refractivity contribution < 1.29 is 5.11 Å². The Kier molecular flexibility index (Phi) is 3.26. The minimum absolute atomic E-state index is 0.0313. The molecule has 0 saturated carbocycles. The smallest absolute Gasteiger partial charge is 0.0449 e. The van der Waals surface area contributed by atoms with Crippen LogP contribution in [0.15, 0.2) is 24.3 Å². The van der Waals surface area contributed by atoms with Crippen LogP contribution in [0.4, 0.5) is 0 Å². The molecule has 0 aliphatic heterocycles. The van der Waals surface area contributed by atoms with Crippen molar-refractivity contribution in [2.45, 2.75) is 19.4 Å². The highest BCUT2D eigenvalue weighted by Crippen LogP contribution is 2.17. The van der Waals surface area contributed by atoms with Crippen LogP contribution in [-0.2, 0) is 0 Å². The molecule has 2 nitrogen and oxygen atoms in total. The Morgan fingerprint density at radius 2 is 2.08 bits per heavy atom. The number of hydrogen-bond acceptors (Lipinski definition) is 2. The van der Waals surface area contributed by atoms with Crippen molar-refractivity contribution >= 4 is 0 Å². The van der Waals surface area contributed by atoms with E-state index in [1.807, 2.05) is 31.2 Å². The highest BCUT2D eigenvalue weighted by molar-refractivity contribution is 5.28. The van der Waals surface area contributed by atoms with E-state index < -0.39 is 0 Å². The summed E-state index contributed by atoms with van der Waals surface area (Å²) < 4.78 is 0. The molecule has 0 heterocycles. The molecule has 0 spiro atoms. The maximum atomic E-state index is 8.71. The molecule has 1 aromatic rings. The van der Waals surface area contributed by atoms with Gasteiger partial charge in [-0.3, -0.25) is 0 Å². The Labute approximate surface area is 73.0 Å². The second-order valence-corrected chi connectivity index (χ2v) is 2.98. The topological polar surface area (TPSA) is 46.2 Å². The standard InChI is InChI=1S/C10H15NO/c1-8-4-2-3-5-9(8)10(11)6-7-12/h2-5,10,12H,6-7,11H2,1H3/t10-/m0/s1. The van der Waals surface area contributed by atoms with Crippen LogP contribution in [0.2, 0.25) is 0 Å². The summed E-state index contributed by atoms with van der Waals surface area (Å²) in [5.41, 5.74) is 8.17. The van der Waals surface area contributed by atoms with Gasteiger partial charge in [0.25, 0.3) is 0 Å². The van der Waals surface area contributed by atoms with E-state index in [-0.39, 0.29) is 12.6 Å². The predicted molar refractivity (Wildman–Crippen MR) is 49.8 cm³/mol. The van der Waals surface area contributed by atoms with Crippen LogP contribution in [0.5, 0.6) is 0 Å². The first-order valence-corrected chi connectivity index (χ1v) is 4.17. The van der Waals surface area contributed by atoms with E-state index in [2.05, 4.69) is 0 Å². The lowest BCUT2D eigenvalue weighted by atomic mass is 10.0. The molecule has 0 radical (unpaired) electrons. The molecule has 0 bridgehead atoms. The number of hydrogen-bond donors (Lipinski definition) is 2. The minimum atomic E-state index is -0.0313. The average molecular weight is 165 g/mol. The van der Waals surface area contributed by atoms with Crippen molar-refractivity contribution in [3.63, 3.8) is 0 Å². The van der Waals surface area contributed by atoms with Crippen molar-refractivity contribution in [3.8, 4) is 0 Å². The number of benzene rings is 1. The van der Waals surface area contributed by atoms with Crippen molar-refractivity contribution in [1.29, 1.82) is 0 Å². The van der Waals surface area contributed by atoms with Crippen LogP contribution in [0.25, 0.3) is 0 Å². The molecule has 0 amide bonds. The summed E-state index contributed by atoms with van der Waals surface area (Å²) in [5.74, 6) is 0. The molecule has 0 fully saturated rings. The molecule has 12 heavy (non-hydrogen) atoms. The van der Waals surface area contributed by atoms with Gasteiger partial charge in [0.2, 0.25) is 0 Å². The molecular formula is C10H15NO. The summed E-state index contributed by atoms with van der Waals surface area (Å²) >= 11 is 0. The van der Waals surface area contributed by atoms with Crippen LogP contribution in [0.3, 0.4) is 0 Å². The van der Waals surface area contributed by atoms with Crippen molar-refractivity contribution in [3.05, 3.63) is 35.4 Å². The van der Waals surface area contributed by atoms with Crippen molar-refractivity contribution in [2.75, 3.05) is 6.61 Å². The quantitative estimate of drug-likeness (QED) is 0.710. The molecule has 0 unspecified atom stereocenters. The predicted octanol–water partition coefficient (Wildman–Crippen LogP) is 1.38. The fraction of sp³-hybridized carbons (Fsp3) is 0.400. The molecule has 0 aromatic heterocycles. The van der Waals surface area contributed by atoms with Crippen molar-refractivity contribution in [2.24, 2.45) is 5.73 Å². The molecule has 66 valence electrons. The maximum Gasteiger partial charge on any atom is 0.0449 e. The van der Waals surface area contributed by atoms with E-state index in [0.29, 0.717) is 6.42 Å². The molecule has 0 saturated heterocycles. The zero-order chi connectivity index (χ0) is 8.97. The Morgan fingerprint density at radius 3 is 2.67 bits per heavy atom. The van der Waals surface area contributed by atoms with Gasteiger partial charge in [-0.2, -0.15) is 0 Å². The first kappa shape index (κ1) is 9.23. The fourth-order valence-electron chi connectivity index (χ4n) is 1.30. The normalized spacial score (nSPS) is 12.9. The molecule has 0 aliphatic carbocycles. The molecule has 1 atom stereocenters. The van der Waals surface area contributed by atoms with Gasteiger partial charge < -0.3 is 10.8 Å². The zero-order valence-corrected chi connectivity index (χ0v) is 7.33. The lowest BCUT2D eigenvalue weighted by molar-refractivity contribution is 0.276. The SMILES string of the molecule is Cc1ccccc1[C@@H](N)CCO. The van der Waals surface area contributed by atoms with Crippen LogP contribution >= 0.6 is 0 Å². The second kappa shape index (κ2) is 4.24. The zero-order valence-electron chi connectivity index (χ0n) is 7.33. The maximum absolute atomic E-state index is 8.71. The van der Waals surface area contributed by atoms with Gasteiger partial charge >= 0.3 is 0 Å². The first-order chi connectivity index (χ1) is 5.75. The second-order valence-electron chi connectivity index (χ2n) is 2.98. The van der Waals surface area contributed by atoms with E-state index >= 15 is 0 Å². The third-order valence-corrected chi connectivity index (χ3v) is 2.03. The van der Waals surface area contributed by atoms with Gasteiger partial charge in [-0.25, -0.2) is 0 Å². The summed E-state index contributed by atoms with van der Waals surface area (Å²) in [6, 6.07) is 7.97. The lowest BCUT2D eigenvalue weighted by Crippen LogP contribution is -2.12. The Balaban J connectivity index is 2.79. The third kappa shape index (κ3) is 2.06. The number of aliphatic hydroxyl groups excluding tert-OH is 1. The van der Waals surface area contributed by atoms with Crippen LogP contribution in [-0.4, -0.2) is 11.7 Å². The first-order valence-electron chi connectivity index (χ1n) is 4.17. The van der Waals surface area contributed by atoms with E-state index in [1.54, 1.807) is 0 Å². The lowest BCUT2D eigenvalue weighted by Gasteiger charge is -2.12. The average Bonchev–Trinajstić information content (AvgIpc) is 2.05.